The minimum Gasteiger partial charge on any atom is -0.354 e. The average molecular weight is 676 g/mol. The zero-order valence-corrected chi connectivity index (χ0v) is 29.0. The number of nitrogens with one attached hydrogen (secondary N) is 1. The Morgan fingerprint density at radius 2 is 1.51 bits per heavy atom. The third-order valence-electron chi connectivity index (χ3n) is 10.5. The van der Waals surface area contributed by atoms with E-state index in [-0.39, 0.29) is 24.3 Å². The van der Waals surface area contributed by atoms with Gasteiger partial charge < -0.3 is 10.2 Å². The average Bonchev–Trinajstić information content (AvgIpc) is 3.03. The molecule has 1 atom stereocenters. The Labute approximate surface area is 284 Å². The predicted octanol–water partition coefficient (Wildman–Crippen LogP) is 6.74. The molecule has 2 amide bonds. The zero-order chi connectivity index (χ0) is 33.2. The van der Waals surface area contributed by atoms with E-state index in [2.05, 4.69) is 17.4 Å². The van der Waals surface area contributed by atoms with Crippen molar-refractivity contribution in [2.45, 2.75) is 76.3 Å². The number of hydrogen-bond acceptors (Lipinski definition) is 4. The van der Waals surface area contributed by atoms with Gasteiger partial charge in [0.2, 0.25) is 21.8 Å². The lowest BCUT2D eigenvalue weighted by molar-refractivity contribution is -0.140. The van der Waals surface area contributed by atoms with Gasteiger partial charge in [-0.15, -0.1) is 0 Å². The number of rotatable bonds is 13. The summed E-state index contributed by atoms with van der Waals surface area (Å²) < 4.78 is 27.8. The molecular formula is C38H46ClN3O4S. The Balaban J connectivity index is 1.30. The molecule has 0 heterocycles. The van der Waals surface area contributed by atoms with Crippen LogP contribution in [0, 0.1) is 17.8 Å². The summed E-state index contributed by atoms with van der Waals surface area (Å²) in [5, 5.41) is 3.49. The summed E-state index contributed by atoms with van der Waals surface area (Å²) in [5.41, 5.74) is 3.57. The number of benzene rings is 3. The quantitative estimate of drug-likeness (QED) is 0.218. The van der Waals surface area contributed by atoms with Crippen molar-refractivity contribution in [2.24, 2.45) is 17.8 Å². The maximum atomic E-state index is 14.4. The van der Waals surface area contributed by atoms with Gasteiger partial charge in [-0.1, -0.05) is 73.1 Å². The lowest BCUT2D eigenvalue weighted by atomic mass is 9.48. The molecule has 0 saturated heterocycles. The molecule has 7 rings (SSSR count). The Bertz CT molecular complexity index is 1640. The van der Waals surface area contributed by atoms with Crippen molar-refractivity contribution in [3.05, 3.63) is 101 Å². The number of nitrogens with zero attached hydrogens (tertiary/aromatic N) is 2. The van der Waals surface area contributed by atoms with Crippen molar-refractivity contribution in [3.8, 4) is 0 Å². The van der Waals surface area contributed by atoms with Gasteiger partial charge in [0.05, 0.1) is 11.9 Å². The highest BCUT2D eigenvalue weighted by Gasteiger charge is 2.51. The van der Waals surface area contributed by atoms with Crippen LogP contribution in [0.2, 0.25) is 5.02 Å². The van der Waals surface area contributed by atoms with E-state index in [4.69, 9.17) is 11.6 Å². The smallest absolute Gasteiger partial charge is 0.244 e. The van der Waals surface area contributed by atoms with Crippen molar-refractivity contribution in [1.82, 2.24) is 10.2 Å². The molecule has 9 heteroatoms. The van der Waals surface area contributed by atoms with Crippen LogP contribution in [0.4, 0.5) is 5.69 Å². The molecule has 4 bridgehead atoms. The van der Waals surface area contributed by atoms with Gasteiger partial charge in [-0.3, -0.25) is 13.9 Å². The number of carbonyl (C=O) groups is 2. The van der Waals surface area contributed by atoms with Crippen LogP contribution in [-0.2, 0) is 38.0 Å². The van der Waals surface area contributed by atoms with E-state index in [9.17, 15) is 18.0 Å². The molecule has 4 aliphatic rings. The van der Waals surface area contributed by atoms with Gasteiger partial charge in [-0.05, 0) is 109 Å². The Hall–Kier alpha value is -3.36. The topological polar surface area (TPSA) is 86.8 Å². The molecule has 3 aromatic carbocycles. The summed E-state index contributed by atoms with van der Waals surface area (Å²) in [6, 6.07) is 23.8. The van der Waals surface area contributed by atoms with E-state index < -0.39 is 28.5 Å². The first kappa shape index (κ1) is 33.5. The first-order valence-corrected chi connectivity index (χ1v) is 19.2. The second-order valence-electron chi connectivity index (χ2n) is 14.2. The number of hydrogen-bond donors (Lipinski definition) is 1. The predicted molar refractivity (Wildman–Crippen MR) is 188 cm³/mol. The highest BCUT2D eigenvalue weighted by atomic mass is 35.5. The van der Waals surface area contributed by atoms with Crippen LogP contribution in [0.5, 0.6) is 0 Å². The second kappa shape index (κ2) is 14.0. The van der Waals surface area contributed by atoms with Crippen LogP contribution in [0.3, 0.4) is 0 Å². The van der Waals surface area contributed by atoms with Crippen LogP contribution < -0.4 is 9.62 Å². The summed E-state index contributed by atoms with van der Waals surface area (Å²) in [7, 11) is -3.84. The van der Waals surface area contributed by atoms with E-state index in [0.717, 1.165) is 41.6 Å². The number of amides is 2. The Morgan fingerprint density at radius 1 is 0.894 bits per heavy atom. The molecule has 1 N–H and O–H groups in total. The van der Waals surface area contributed by atoms with Gasteiger partial charge in [-0.2, -0.15) is 0 Å². The molecule has 0 aliphatic heterocycles. The monoisotopic (exact) mass is 675 g/mol. The summed E-state index contributed by atoms with van der Waals surface area (Å²) in [4.78, 5) is 29.6. The first-order valence-electron chi connectivity index (χ1n) is 17.0. The molecule has 0 unspecified atom stereocenters. The molecule has 4 aliphatic carbocycles. The van der Waals surface area contributed by atoms with E-state index in [0.29, 0.717) is 17.3 Å². The van der Waals surface area contributed by atoms with Gasteiger partial charge in [0.1, 0.15) is 12.6 Å². The summed E-state index contributed by atoms with van der Waals surface area (Å²) >= 11 is 6.31. The summed E-state index contributed by atoms with van der Waals surface area (Å²) in [6.07, 6.45) is 9.87. The minimum absolute atomic E-state index is 0.0962. The minimum atomic E-state index is -3.84. The van der Waals surface area contributed by atoms with Gasteiger partial charge in [0, 0.05) is 24.5 Å². The van der Waals surface area contributed by atoms with Gasteiger partial charge in [-0.25, -0.2) is 8.42 Å². The molecule has 4 saturated carbocycles. The first-order chi connectivity index (χ1) is 22.5. The fourth-order valence-corrected chi connectivity index (χ4v) is 9.87. The van der Waals surface area contributed by atoms with Crippen molar-refractivity contribution in [1.29, 1.82) is 0 Å². The van der Waals surface area contributed by atoms with Crippen molar-refractivity contribution in [2.75, 3.05) is 23.7 Å². The lowest BCUT2D eigenvalue weighted by Gasteiger charge is -2.57. The molecule has 250 valence electrons. The van der Waals surface area contributed by atoms with Gasteiger partial charge in [0.15, 0.2) is 0 Å². The zero-order valence-electron chi connectivity index (χ0n) is 27.4. The number of halogens is 1. The number of sulfonamides is 1. The van der Waals surface area contributed by atoms with Crippen LogP contribution in [-0.4, -0.2) is 50.5 Å². The fourth-order valence-electron chi connectivity index (χ4n) is 8.81. The Morgan fingerprint density at radius 3 is 2.09 bits per heavy atom. The SMILES string of the molecule is CCCNC(=O)[C@H](Cc1ccccc1)N(Cc1cccc(Cl)c1)C(=O)CN(c1ccc(C23CC4CC(CC(C4)C2)C3)cc1)S(C)(=O)=O. The summed E-state index contributed by atoms with van der Waals surface area (Å²) in [5.74, 6) is 1.66. The van der Waals surface area contributed by atoms with Crippen molar-refractivity contribution < 1.29 is 18.0 Å². The van der Waals surface area contributed by atoms with Crippen molar-refractivity contribution in [3.63, 3.8) is 0 Å². The lowest BCUT2D eigenvalue weighted by Crippen LogP contribution is -2.53. The van der Waals surface area contributed by atoms with Crippen molar-refractivity contribution >= 4 is 39.1 Å². The van der Waals surface area contributed by atoms with E-state index in [1.54, 1.807) is 18.2 Å². The molecular weight excluding hydrogens is 630 g/mol. The Kier molecular flexibility index (Phi) is 10.00. The van der Waals surface area contributed by atoms with E-state index in [1.807, 2.05) is 55.5 Å². The fraction of sp³-hybridized carbons (Fsp3) is 0.474. The number of anilines is 1. The molecule has 0 aromatic heterocycles. The normalized spacial score (nSPS) is 23.7. The highest BCUT2D eigenvalue weighted by molar-refractivity contribution is 7.92. The molecule has 47 heavy (non-hydrogen) atoms. The maximum Gasteiger partial charge on any atom is 0.244 e. The maximum absolute atomic E-state index is 14.4. The molecule has 3 aromatic rings. The molecule has 7 nitrogen and oxygen atoms in total. The van der Waals surface area contributed by atoms with E-state index >= 15 is 0 Å². The van der Waals surface area contributed by atoms with Gasteiger partial charge in [0.25, 0.3) is 0 Å². The second-order valence-corrected chi connectivity index (χ2v) is 16.5. The molecule has 0 radical (unpaired) electrons. The third-order valence-corrected chi connectivity index (χ3v) is 11.9. The molecule has 4 fully saturated rings. The number of carbonyl (C=O) groups excluding carboxylic acids is 2. The molecule has 0 spiro atoms. The van der Waals surface area contributed by atoms with Crippen LogP contribution in [0.15, 0.2) is 78.9 Å². The largest absolute Gasteiger partial charge is 0.354 e. The summed E-state index contributed by atoms with van der Waals surface area (Å²) in [6.45, 7) is 2.11. The van der Waals surface area contributed by atoms with Gasteiger partial charge >= 0.3 is 0 Å². The van der Waals surface area contributed by atoms with Crippen LogP contribution in [0.1, 0.15) is 68.6 Å². The highest BCUT2D eigenvalue weighted by Crippen LogP contribution is 2.60. The van der Waals surface area contributed by atoms with Crippen LogP contribution >= 0.6 is 11.6 Å². The van der Waals surface area contributed by atoms with Crippen LogP contribution in [0.25, 0.3) is 0 Å². The third kappa shape index (κ3) is 7.70. The standard InChI is InChI=1S/C38H46ClN3O4S/c1-3-16-40-37(44)35(21-27-8-5-4-6-9-27)41(25-28-10-7-11-33(39)20-28)36(43)26-42(47(2,45)46)34-14-12-32(13-15-34)38-22-29-17-30(23-38)19-31(18-29)24-38/h4-15,20,29-31,35H,3,16-19,21-26H2,1-2H3,(H,40,44)/t29?,30?,31?,35-,38?/m0/s1. The van der Waals surface area contributed by atoms with E-state index in [1.165, 1.54) is 53.3 Å².